The lowest BCUT2D eigenvalue weighted by atomic mass is 10.0. The fourth-order valence-electron chi connectivity index (χ4n) is 5.35. The molecule has 3 aliphatic rings. The Labute approximate surface area is 271 Å². The van der Waals surface area contributed by atoms with Gasteiger partial charge in [0.15, 0.2) is 5.65 Å². The molecule has 0 spiro atoms. The molecule has 3 aliphatic heterocycles. The number of nitrogens with one attached hydrogen (secondary N) is 2. The molecule has 220 valence electrons. The molecule has 43 heavy (non-hydrogen) atoms. The van der Waals surface area contributed by atoms with Gasteiger partial charge in [-0.1, -0.05) is 35.5 Å². The van der Waals surface area contributed by atoms with Crippen molar-refractivity contribution in [3.05, 3.63) is 97.5 Å². The number of pyridine rings is 1. The minimum absolute atomic E-state index is 0.0162. The number of ether oxygens (including phenoxy) is 1. The summed E-state index contributed by atoms with van der Waals surface area (Å²) in [5.41, 5.74) is 4.28. The topological polar surface area (TPSA) is 130 Å². The van der Waals surface area contributed by atoms with Crippen molar-refractivity contribution in [2.24, 2.45) is 4.99 Å². The summed E-state index contributed by atoms with van der Waals surface area (Å²) in [5.74, 6) is 1.07. The second-order valence-electron chi connectivity index (χ2n) is 10.4. The van der Waals surface area contributed by atoms with Gasteiger partial charge >= 0.3 is 0 Å². The number of H-pyrrole nitrogens is 1. The molecule has 1 unspecified atom stereocenters. The van der Waals surface area contributed by atoms with Gasteiger partial charge in [0.05, 0.1) is 23.2 Å². The molecule has 2 N–H and O–H groups in total. The zero-order chi connectivity index (χ0) is 30.1. The maximum absolute atomic E-state index is 13.0. The van der Waals surface area contributed by atoms with Crippen molar-refractivity contribution in [3.63, 3.8) is 0 Å². The number of aromatic amines is 1. The van der Waals surface area contributed by atoms with E-state index in [1.807, 2.05) is 66.4 Å². The second kappa shape index (κ2) is 12.7. The van der Waals surface area contributed by atoms with E-state index in [1.54, 1.807) is 6.20 Å². The van der Waals surface area contributed by atoms with Crippen molar-refractivity contribution in [3.8, 4) is 5.75 Å². The Hall–Kier alpha value is -3.42. The number of fused-ring (bicyclic) bond motifs is 2. The van der Waals surface area contributed by atoms with E-state index in [2.05, 4.69) is 42.8 Å². The number of benzene rings is 2. The Morgan fingerprint density at radius 1 is 1.21 bits per heavy atom. The lowest BCUT2D eigenvalue weighted by Crippen LogP contribution is -2.30. The first-order chi connectivity index (χ1) is 20.8. The third-order valence-electron chi connectivity index (χ3n) is 7.57. The fraction of sp³-hybridized carbons (Fsp3) is 0.258. The highest BCUT2D eigenvalue weighted by molar-refractivity contribution is 14.1. The van der Waals surface area contributed by atoms with Gasteiger partial charge in [-0.2, -0.15) is 5.10 Å². The second-order valence-corrected chi connectivity index (χ2v) is 13.3. The van der Waals surface area contributed by atoms with Crippen LogP contribution < -0.4 is 9.84 Å². The number of halogens is 2. The number of aryl methyl sites for hydroxylation is 1. The summed E-state index contributed by atoms with van der Waals surface area (Å²) in [7, 11) is 0. The van der Waals surface area contributed by atoms with Crippen LogP contribution in [0.4, 0.5) is 0 Å². The van der Waals surface area contributed by atoms with E-state index in [0.29, 0.717) is 29.2 Å². The van der Waals surface area contributed by atoms with Gasteiger partial charge in [0.2, 0.25) is 0 Å². The first kappa shape index (κ1) is 29.6. The van der Waals surface area contributed by atoms with Crippen LogP contribution in [0.1, 0.15) is 46.9 Å². The highest BCUT2D eigenvalue weighted by Crippen LogP contribution is 2.39. The Kier molecular flexibility index (Phi) is 8.73. The lowest BCUT2D eigenvalue weighted by molar-refractivity contribution is -0.219. The number of thioether (sulfide) groups is 1. The molecular formula is C31H27ClIN6O3S-. The average molecular weight is 726 g/mol. The molecule has 12 heteroatoms. The van der Waals surface area contributed by atoms with Crippen LogP contribution in [0.3, 0.4) is 0 Å². The third-order valence-corrected chi connectivity index (χ3v) is 9.80. The number of likely N-dealkylation sites (tertiary alicyclic amines) is 1. The van der Waals surface area contributed by atoms with Crippen LogP contribution in [0.5, 0.6) is 5.75 Å². The van der Waals surface area contributed by atoms with Crippen molar-refractivity contribution in [2.45, 2.75) is 37.5 Å². The summed E-state index contributed by atoms with van der Waals surface area (Å²) in [6.07, 6.45) is 4.14. The Morgan fingerprint density at radius 2 is 1.98 bits per heavy atom. The van der Waals surface area contributed by atoms with Gasteiger partial charge in [-0.05, 0) is 103 Å². The third kappa shape index (κ3) is 6.43. The molecule has 5 heterocycles. The minimum atomic E-state index is -0.539. The van der Waals surface area contributed by atoms with Crippen molar-refractivity contribution in [1.82, 2.24) is 20.1 Å². The van der Waals surface area contributed by atoms with Gasteiger partial charge in [-0.15, -0.1) is 0 Å². The van der Waals surface area contributed by atoms with Gasteiger partial charge in [0.1, 0.15) is 11.5 Å². The molecule has 7 rings (SSSR count). The predicted molar refractivity (Wildman–Crippen MR) is 176 cm³/mol. The standard InChI is InChI=1S/C18H17ClN4O.C13H11IN2O2S/c1-11-15-9-13(10-20-17(15)22-21-11)18(24)23-8-2-3-16(23)12-4-6-14(19)7-5-12;14-7-1-3-8(4-2-7)18-10-6-16-13-9(10)5-11(19-13)12(15)17/h4-7,9-10,16H,2-3,8H2,1H3,(H,20,21,22);1-4,11H,5-6H2,(H2,15,17)/p-1/t16-;/m0./s1. The van der Waals surface area contributed by atoms with Crippen LogP contribution in [0.15, 0.2) is 77.1 Å². The molecule has 2 fully saturated rings. The number of nitrogens with zero attached hydrogens (tertiary/aromatic N) is 4. The van der Waals surface area contributed by atoms with Crippen molar-refractivity contribution >= 4 is 73.8 Å². The molecule has 0 radical (unpaired) electrons. The fourth-order valence-corrected chi connectivity index (χ4v) is 6.94. The first-order valence-corrected chi connectivity index (χ1v) is 16.1. The van der Waals surface area contributed by atoms with Gasteiger partial charge in [0, 0.05) is 43.2 Å². The predicted octanol–water partition coefficient (Wildman–Crippen LogP) is 6.08. The lowest BCUT2D eigenvalue weighted by Gasteiger charge is -2.25. The quantitative estimate of drug-likeness (QED) is 0.146. The molecule has 2 aromatic heterocycles. The molecule has 0 saturated carbocycles. The zero-order valence-electron chi connectivity index (χ0n) is 23.1. The van der Waals surface area contributed by atoms with Crippen LogP contribution >= 0.6 is 46.0 Å². The normalized spacial score (nSPS) is 19.2. The largest absolute Gasteiger partial charge is 0.861 e. The molecule has 9 nitrogen and oxygen atoms in total. The summed E-state index contributed by atoms with van der Waals surface area (Å²) in [6, 6.07) is 17.5. The van der Waals surface area contributed by atoms with Crippen LogP contribution in [0, 0.1) is 15.9 Å². The zero-order valence-corrected chi connectivity index (χ0v) is 26.9. The highest BCUT2D eigenvalue weighted by Gasteiger charge is 2.33. The summed E-state index contributed by atoms with van der Waals surface area (Å²) in [6.45, 7) is 3.22. The Bertz CT molecular complexity index is 1760. The summed E-state index contributed by atoms with van der Waals surface area (Å²) in [4.78, 5) is 23.6. The Morgan fingerprint density at radius 3 is 2.72 bits per heavy atom. The highest BCUT2D eigenvalue weighted by atomic mass is 127. The van der Waals surface area contributed by atoms with Gasteiger partial charge in [0.25, 0.3) is 5.91 Å². The smallest absolute Gasteiger partial charge is 0.255 e. The molecule has 0 bridgehead atoms. The SMILES string of the molecule is Cc1[nH]nc2ncc(C(=O)N3CCC[C@H]3c3ccc(Cl)cc3)cc12.N=C([O-])C1CC2=C(Oc3ccc(I)cc3)CN=C2S1. The monoisotopic (exact) mass is 725 g/mol. The maximum Gasteiger partial charge on any atom is 0.255 e. The first-order valence-electron chi connectivity index (χ1n) is 13.8. The van der Waals surface area contributed by atoms with E-state index in [1.165, 1.54) is 11.8 Å². The number of rotatable bonds is 5. The van der Waals surface area contributed by atoms with E-state index < -0.39 is 5.90 Å². The van der Waals surface area contributed by atoms with Gasteiger partial charge in [-0.3, -0.25) is 14.9 Å². The van der Waals surface area contributed by atoms with E-state index in [-0.39, 0.29) is 17.2 Å². The Balaban J connectivity index is 0.000000157. The number of hydrogen-bond acceptors (Lipinski definition) is 8. The summed E-state index contributed by atoms with van der Waals surface area (Å²) < 4.78 is 7.00. The van der Waals surface area contributed by atoms with E-state index >= 15 is 0 Å². The number of hydrogen-bond donors (Lipinski definition) is 2. The number of aromatic nitrogens is 3. The van der Waals surface area contributed by atoms with Crippen molar-refractivity contribution < 1.29 is 14.6 Å². The van der Waals surface area contributed by atoms with Gasteiger partial charge in [-0.25, -0.2) is 4.98 Å². The van der Waals surface area contributed by atoms with E-state index in [9.17, 15) is 9.90 Å². The number of amides is 1. The maximum atomic E-state index is 13.0. The van der Waals surface area contributed by atoms with Crippen molar-refractivity contribution in [2.75, 3.05) is 13.1 Å². The van der Waals surface area contributed by atoms with Crippen LogP contribution in [0.2, 0.25) is 5.02 Å². The molecule has 4 aromatic rings. The van der Waals surface area contributed by atoms with Gasteiger partial charge < -0.3 is 20.2 Å². The van der Waals surface area contributed by atoms with Crippen LogP contribution in [0.25, 0.3) is 11.0 Å². The molecular weight excluding hydrogens is 699 g/mol. The number of carbonyl (C=O) groups is 1. The van der Waals surface area contributed by atoms with Crippen LogP contribution in [-0.2, 0) is 0 Å². The minimum Gasteiger partial charge on any atom is -0.861 e. The summed E-state index contributed by atoms with van der Waals surface area (Å²) >= 11 is 9.60. The van der Waals surface area contributed by atoms with Crippen molar-refractivity contribution in [1.29, 1.82) is 5.41 Å². The molecule has 0 aliphatic carbocycles. The van der Waals surface area contributed by atoms with E-state index in [4.69, 9.17) is 21.7 Å². The molecule has 2 atom stereocenters. The summed E-state index contributed by atoms with van der Waals surface area (Å²) in [5, 5.41) is 27.5. The number of carbonyl (C=O) groups excluding carboxylic acids is 1. The van der Waals surface area contributed by atoms with Crippen LogP contribution in [-0.4, -0.2) is 55.3 Å². The molecule has 2 saturated heterocycles. The number of aliphatic imine (C=N–C) groups is 1. The van der Waals surface area contributed by atoms with E-state index in [0.717, 1.165) is 61.7 Å². The molecule has 1 amide bonds. The molecule has 2 aromatic carbocycles. The average Bonchev–Trinajstić information content (AvgIpc) is 3.80.